The molecule has 0 fully saturated rings. The first kappa shape index (κ1) is 12.4. The lowest BCUT2D eigenvalue weighted by molar-refractivity contribution is -0.115. The van der Waals surface area contributed by atoms with Crippen molar-refractivity contribution in [1.82, 2.24) is 0 Å². The third kappa shape index (κ3) is 7.67. The second-order valence-electron chi connectivity index (χ2n) is 2.86. The highest BCUT2D eigenvalue weighted by atomic mass is 16.1. The second-order valence-corrected chi connectivity index (χ2v) is 2.86. The summed E-state index contributed by atoms with van der Waals surface area (Å²) in [6, 6.07) is 0. The number of carbonyl (C=O) groups excluding carboxylic acids is 1. The van der Waals surface area contributed by atoms with E-state index in [1.165, 1.54) is 0 Å². The fraction of sp³-hybridized carbons (Fsp3) is 0.889. The molecule has 62 valence electrons. The fourth-order valence-electron chi connectivity index (χ4n) is 0.703. The van der Waals surface area contributed by atoms with Gasteiger partial charge in [0, 0.05) is 5.41 Å². The molecular formula is C9H20O. The van der Waals surface area contributed by atoms with Gasteiger partial charge in [0.25, 0.3) is 0 Å². The molecule has 0 N–H and O–H groups in total. The van der Waals surface area contributed by atoms with Crippen molar-refractivity contribution in [1.29, 1.82) is 0 Å². The summed E-state index contributed by atoms with van der Waals surface area (Å²) in [6.07, 6.45) is 3.11. The average molecular weight is 144 g/mol. The normalized spacial score (nSPS) is 9.70. The molecular weight excluding hydrogens is 124 g/mol. The zero-order valence-corrected chi connectivity index (χ0v) is 7.90. The van der Waals surface area contributed by atoms with Crippen LogP contribution in [0, 0.1) is 5.41 Å². The van der Waals surface area contributed by atoms with E-state index in [1.54, 1.807) is 0 Å². The largest absolute Gasteiger partial charge is 0.303 e. The van der Waals surface area contributed by atoms with Gasteiger partial charge in [-0.25, -0.2) is 0 Å². The Morgan fingerprint density at radius 3 is 1.80 bits per heavy atom. The predicted octanol–water partition coefficient (Wildman–Crippen LogP) is 3.04. The van der Waals surface area contributed by atoms with Crippen molar-refractivity contribution in [3.05, 3.63) is 0 Å². The molecule has 1 nitrogen and oxygen atoms in total. The van der Waals surface area contributed by atoms with Gasteiger partial charge in [0.1, 0.15) is 6.29 Å². The third-order valence-corrected chi connectivity index (χ3v) is 1.21. The third-order valence-electron chi connectivity index (χ3n) is 1.21. The fourth-order valence-corrected chi connectivity index (χ4v) is 0.703. The average Bonchev–Trinajstić information content (AvgIpc) is 1.93. The van der Waals surface area contributed by atoms with Crippen LogP contribution in [-0.4, -0.2) is 6.29 Å². The molecule has 0 aliphatic carbocycles. The smallest absolute Gasteiger partial charge is 0.125 e. The van der Waals surface area contributed by atoms with Crippen LogP contribution < -0.4 is 0 Å². The van der Waals surface area contributed by atoms with Crippen molar-refractivity contribution >= 4 is 6.29 Å². The van der Waals surface area contributed by atoms with E-state index in [4.69, 9.17) is 0 Å². The maximum atomic E-state index is 10.2. The Kier molecular flexibility index (Phi) is 8.38. The van der Waals surface area contributed by atoms with Crippen LogP contribution in [0.15, 0.2) is 0 Å². The maximum Gasteiger partial charge on any atom is 0.125 e. The van der Waals surface area contributed by atoms with Gasteiger partial charge in [0.05, 0.1) is 0 Å². The molecule has 0 aliphatic heterocycles. The van der Waals surface area contributed by atoms with E-state index in [-0.39, 0.29) is 5.41 Å². The summed E-state index contributed by atoms with van der Waals surface area (Å²) in [5, 5.41) is 0. The highest BCUT2D eigenvalue weighted by molar-refractivity contribution is 5.57. The minimum Gasteiger partial charge on any atom is -0.303 e. The number of carbonyl (C=O) groups is 1. The Morgan fingerprint density at radius 2 is 1.70 bits per heavy atom. The molecule has 0 radical (unpaired) electrons. The molecule has 0 saturated carbocycles. The number of hydrogen-bond acceptors (Lipinski definition) is 1. The molecule has 0 rings (SSSR count). The summed E-state index contributed by atoms with van der Waals surface area (Å²) in [7, 11) is 0. The zero-order chi connectivity index (χ0) is 8.62. The van der Waals surface area contributed by atoms with Gasteiger partial charge in [0.2, 0.25) is 0 Å². The van der Waals surface area contributed by atoms with E-state index >= 15 is 0 Å². The van der Waals surface area contributed by atoms with E-state index in [0.717, 1.165) is 19.1 Å². The van der Waals surface area contributed by atoms with Gasteiger partial charge >= 0.3 is 0 Å². The van der Waals surface area contributed by atoms with Crippen molar-refractivity contribution in [2.75, 3.05) is 0 Å². The van der Waals surface area contributed by atoms with Crippen molar-refractivity contribution in [3.63, 3.8) is 0 Å². The van der Waals surface area contributed by atoms with Gasteiger partial charge in [-0.15, -0.1) is 0 Å². The molecule has 0 aliphatic rings. The molecule has 0 amide bonds. The van der Waals surface area contributed by atoms with Gasteiger partial charge in [-0.3, -0.25) is 0 Å². The topological polar surface area (TPSA) is 17.1 Å². The molecule has 0 atom stereocenters. The van der Waals surface area contributed by atoms with Gasteiger partial charge < -0.3 is 4.79 Å². The maximum absolute atomic E-state index is 10.2. The summed E-state index contributed by atoms with van der Waals surface area (Å²) >= 11 is 0. The van der Waals surface area contributed by atoms with Crippen LogP contribution in [0.1, 0.15) is 47.5 Å². The minimum atomic E-state index is -0.0885. The van der Waals surface area contributed by atoms with Crippen LogP contribution in [0.25, 0.3) is 0 Å². The Balaban J connectivity index is 0. The molecule has 0 bridgehead atoms. The summed E-state index contributed by atoms with van der Waals surface area (Å²) in [6.45, 7) is 10.0. The van der Waals surface area contributed by atoms with E-state index in [9.17, 15) is 4.79 Å². The van der Waals surface area contributed by atoms with Crippen LogP contribution in [0.2, 0.25) is 0 Å². The van der Waals surface area contributed by atoms with E-state index < -0.39 is 0 Å². The molecule has 10 heavy (non-hydrogen) atoms. The Labute approximate surface area is 64.8 Å². The Hall–Kier alpha value is -0.330. The van der Waals surface area contributed by atoms with Crippen LogP contribution in [0.3, 0.4) is 0 Å². The lowest BCUT2D eigenvalue weighted by Crippen LogP contribution is -2.11. The van der Waals surface area contributed by atoms with Crippen LogP contribution in [0.4, 0.5) is 0 Å². The first-order valence-corrected chi connectivity index (χ1v) is 4.09. The molecule has 0 saturated heterocycles. The Morgan fingerprint density at radius 1 is 1.30 bits per heavy atom. The van der Waals surface area contributed by atoms with Gasteiger partial charge in [-0.05, 0) is 6.42 Å². The second kappa shape index (κ2) is 6.79. The van der Waals surface area contributed by atoms with Crippen LogP contribution in [-0.2, 0) is 4.79 Å². The van der Waals surface area contributed by atoms with E-state index in [1.807, 2.05) is 27.7 Å². The summed E-state index contributed by atoms with van der Waals surface area (Å²) < 4.78 is 0. The molecule has 0 spiro atoms. The first-order chi connectivity index (χ1) is 4.62. The van der Waals surface area contributed by atoms with E-state index in [2.05, 4.69) is 6.92 Å². The minimum absolute atomic E-state index is 0.0885. The monoisotopic (exact) mass is 144 g/mol. The summed E-state index contributed by atoms with van der Waals surface area (Å²) in [4.78, 5) is 10.2. The summed E-state index contributed by atoms with van der Waals surface area (Å²) in [5.41, 5.74) is -0.0885. The zero-order valence-electron chi connectivity index (χ0n) is 7.90. The van der Waals surface area contributed by atoms with Crippen molar-refractivity contribution in [2.45, 2.75) is 47.5 Å². The van der Waals surface area contributed by atoms with Crippen LogP contribution >= 0.6 is 0 Å². The Bertz CT molecular complexity index is 74.8. The van der Waals surface area contributed by atoms with Crippen molar-refractivity contribution in [3.8, 4) is 0 Å². The lowest BCUT2D eigenvalue weighted by Gasteiger charge is -2.13. The standard InChI is InChI=1S/C7H14O.C2H6/c1-4-5-7(2,3)6-8;1-2/h6H,4-5H2,1-3H3;1-2H3. The molecule has 0 aromatic rings. The quantitative estimate of drug-likeness (QED) is 0.556. The number of aldehydes is 1. The van der Waals surface area contributed by atoms with E-state index in [0.29, 0.717) is 0 Å². The van der Waals surface area contributed by atoms with Gasteiger partial charge in [-0.1, -0.05) is 41.0 Å². The lowest BCUT2D eigenvalue weighted by atomic mass is 9.90. The van der Waals surface area contributed by atoms with Gasteiger partial charge in [-0.2, -0.15) is 0 Å². The number of rotatable bonds is 3. The highest BCUT2D eigenvalue weighted by Crippen LogP contribution is 2.17. The predicted molar refractivity (Wildman–Crippen MR) is 46.1 cm³/mol. The van der Waals surface area contributed by atoms with Crippen molar-refractivity contribution < 1.29 is 4.79 Å². The molecule has 0 heterocycles. The number of hydrogen-bond donors (Lipinski definition) is 0. The van der Waals surface area contributed by atoms with Crippen LogP contribution in [0.5, 0.6) is 0 Å². The highest BCUT2D eigenvalue weighted by Gasteiger charge is 2.13. The summed E-state index contributed by atoms with van der Waals surface area (Å²) in [5.74, 6) is 0. The molecule has 0 aromatic heterocycles. The molecule has 0 unspecified atom stereocenters. The SMILES string of the molecule is CC.CCCC(C)(C)C=O. The van der Waals surface area contributed by atoms with Crippen molar-refractivity contribution in [2.24, 2.45) is 5.41 Å². The first-order valence-electron chi connectivity index (χ1n) is 4.09. The van der Waals surface area contributed by atoms with Gasteiger partial charge in [0.15, 0.2) is 0 Å². The molecule has 1 heteroatoms. The molecule has 0 aromatic carbocycles.